The van der Waals surface area contributed by atoms with Crippen molar-refractivity contribution in [2.24, 2.45) is 0 Å². The molecule has 1 aliphatic carbocycles. The summed E-state index contributed by atoms with van der Waals surface area (Å²) in [4.78, 5) is 0. The van der Waals surface area contributed by atoms with Crippen molar-refractivity contribution >= 4 is 0 Å². The van der Waals surface area contributed by atoms with E-state index in [1.807, 2.05) is 7.05 Å². The van der Waals surface area contributed by atoms with E-state index in [1.165, 1.54) is 29.9 Å². The first-order valence-electron chi connectivity index (χ1n) is 4.82. The minimum Gasteiger partial charge on any atom is -0.672 e. The standard InChI is InChI=1S/C12H15N.Y/c1-9-4-3-5-12-10(8-13-2)6-7-11(9)12;/h3-5H,6-8H2,1-2H3;/q-2;. The Balaban J connectivity index is 0.000000980. The molecule has 14 heavy (non-hydrogen) atoms. The Bertz CT molecular complexity index is 309. The maximum Gasteiger partial charge on any atom is 0 e. The van der Waals surface area contributed by atoms with Crippen LogP contribution in [0.2, 0.25) is 0 Å². The van der Waals surface area contributed by atoms with Crippen LogP contribution in [0.3, 0.4) is 0 Å². The second-order valence-electron chi connectivity index (χ2n) is 3.68. The van der Waals surface area contributed by atoms with Crippen LogP contribution in [-0.2, 0) is 39.1 Å². The van der Waals surface area contributed by atoms with Crippen LogP contribution in [0.4, 0.5) is 0 Å². The number of nitrogens with zero attached hydrogens (tertiary/aromatic N) is 1. The minimum atomic E-state index is 0. The predicted octanol–water partition coefficient (Wildman–Crippen LogP) is 2.86. The van der Waals surface area contributed by atoms with Gasteiger partial charge in [-0.2, -0.15) is 31.1 Å². The Kier molecular flexibility index (Phi) is 4.62. The van der Waals surface area contributed by atoms with Gasteiger partial charge in [-0.1, -0.05) is 25.8 Å². The van der Waals surface area contributed by atoms with Crippen molar-refractivity contribution in [3.63, 3.8) is 0 Å². The quantitative estimate of drug-likeness (QED) is 0.728. The summed E-state index contributed by atoms with van der Waals surface area (Å²) in [7, 11) is 1.89. The molecule has 0 spiro atoms. The Labute approximate surface area is 112 Å². The van der Waals surface area contributed by atoms with Gasteiger partial charge in [0.1, 0.15) is 0 Å². The molecule has 1 radical (unpaired) electrons. The molecule has 73 valence electrons. The van der Waals surface area contributed by atoms with Gasteiger partial charge in [0, 0.05) is 32.7 Å². The summed E-state index contributed by atoms with van der Waals surface area (Å²) in [5.74, 6) is 1.52. The van der Waals surface area contributed by atoms with Crippen molar-refractivity contribution in [2.75, 3.05) is 13.6 Å². The van der Waals surface area contributed by atoms with Gasteiger partial charge in [0.2, 0.25) is 0 Å². The van der Waals surface area contributed by atoms with E-state index in [4.69, 9.17) is 0 Å². The van der Waals surface area contributed by atoms with Gasteiger partial charge in [0.15, 0.2) is 0 Å². The Hall–Kier alpha value is 0.154. The maximum atomic E-state index is 4.21. The fourth-order valence-electron chi connectivity index (χ4n) is 2.13. The molecule has 1 aromatic rings. The van der Waals surface area contributed by atoms with Crippen LogP contribution in [0, 0.1) is 12.8 Å². The minimum absolute atomic E-state index is 0. The second kappa shape index (κ2) is 5.30. The van der Waals surface area contributed by atoms with Crippen LogP contribution in [0.15, 0.2) is 18.2 Å². The molecule has 0 bridgehead atoms. The summed E-state index contributed by atoms with van der Waals surface area (Å²) in [6.07, 6.45) is 2.42. The SMILES string of the molecule is C[N-]C[C-]1CCc2c(C)cccc21.[Y]. The molecule has 0 unspecified atom stereocenters. The van der Waals surface area contributed by atoms with Crippen molar-refractivity contribution in [2.45, 2.75) is 19.8 Å². The van der Waals surface area contributed by atoms with E-state index < -0.39 is 0 Å². The van der Waals surface area contributed by atoms with Gasteiger partial charge in [0.05, 0.1) is 0 Å². The van der Waals surface area contributed by atoms with Gasteiger partial charge in [-0.05, 0) is 0 Å². The van der Waals surface area contributed by atoms with Crippen molar-refractivity contribution in [1.29, 1.82) is 0 Å². The normalized spacial score (nSPS) is 13.7. The van der Waals surface area contributed by atoms with E-state index in [0.29, 0.717) is 0 Å². The molecule has 0 heterocycles. The average molecular weight is 262 g/mol. The molecule has 0 aromatic heterocycles. The van der Waals surface area contributed by atoms with Gasteiger partial charge in [-0.25, -0.2) is 0 Å². The van der Waals surface area contributed by atoms with Crippen LogP contribution in [0.5, 0.6) is 0 Å². The molecule has 0 amide bonds. The first-order chi connectivity index (χ1) is 6.33. The van der Waals surface area contributed by atoms with Gasteiger partial charge in [-0.3, -0.25) is 0 Å². The number of aryl methyl sites for hydroxylation is 1. The zero-order valence-corrected chi connectivity index (χ0v) is 11.7. The number of hydrogen-bond donors (Lipinski definition) is 0. The molecule has 0 saturated carbocycles. The summed E-state index contributed by atoms with van der Waals surface area (Å²) in [5.41, 5.74) is 4.44. The average Bonchev–Trinajstić information content (AvgIpc) is 2.51. The number of rotatable bonds is 2. The summed E-state index contributed by atoms with van der Waals surface area (Å²) < 4.78 is 0. The molecule has 0 saturated heterocycles. The zero-order valence-electron chi connectivity index (χ0n) is 8.88. The molecule has 0 aliphatic heterocycles. The molecular weight excluding hydrogens is 247 g/mol. The van der Waals surface area contributed by atoms with Gasteiger partial charge >= 0.3 is 0 Å². The van der Waals surface area contributed by atoms with Crippen LogP contribution in [-0.4, -0.2) is 13.6 Å². The summed E-state index contributed by atoms with van der Waals surface area (Å²) in [6, 6.07) is 6.58. The number of hydrogen-bond acceptors (Lipinski definition) is 0. The monoisotopic (exact) mass is 262 g/mol. The van der Waals surface area contributed by atoms with E-state index in [1.54, 1.807) is 5.56 Å². The number of fused-ring (bicyclic) bond motifs is 1. The van der Waals surface area contributed by atoms with Crippen molar-refractivity contribution < 1.29 is 32.7 Å². The topological polar surface area (TPSA) is 14.1 Å². The summed E-state index contributed by atoms with van der Waals surface area (Å²) in [6.45, 7) is 3.11. The molecule has 1 nitrogen and oxygen atoms in total. The summed E-state index contributed by atoms with van der Waals surface area (Å²) >= 11 is 0. The van der Waals surface area contributed by atoms with Crippen molar-refractivity contribution in [3.8, 4) is 0 Å². The first-order valence-corrected chi connectivity index (χ1v) is 4.82. The van der Waals surface area contributed by atoms with Crippen LogP contribution >= 0.6 is 0 Å². The first kappa shape index (κ1) is 12.2. The fraction of sp³-hybridized carbons (Fsp3) is 0.417. The third-order valence-electron chi connectivity index (χ3n) is 2.82. The van der Waals surface area contributed by atoms with E-state index in [9.17, 15) is 0 Å². The molecule has 0 atom stereocenters. The van der Waals surface area contributed by atoms with Crippen molar-refractivity contribution in [1.82, 2.24) is 0 Å². The molecule has 2 rings (SSSR count). The van der Waals surface area contributed by atoms with Crippen molar-refractivity contribution in [3.05, 3.63) is 46.1 Å². The van der Waals surface area contributed by atoms with Crippen LogP contribution in [0.25, 0.3) is 5.32 Å². The Morgan fingerprint density at radius 1 is 1.43 bits per heavy atom. The number of likely N-dealkylation sites (N-methyl/N-ethyl adjacent to an activating group) is 1. The van der Waals surface area contributed by atoms with Gasteiger partial charge in [-0.15, -0.1) is 17.2 Å². The molecular formula is C12H15NY-2. The van der Waals surface area contributed by atoms with E-state index in [0.717, 1.165) is 6.54 Å². The van der Waals surface area contributed by atoms with Crippen LogP contribution < -0.4 is 0 Å². The third-order valence-corrected chi connectivity index (χ3v) is 2.82. The van der Waals surface area contributed by atoms with E-state index in [-0.39, 0.29) is 32.7 Å². The molecule has 1 aromatic carbocycles. The van der Waals surface area contributed by atoms with E-state index >= 15 is 0 Å². The fourth-order valence-corrected chi connectivity index (χ4v) is 2.13. The Morgan fingerprint density at radius 2 is 2.21 bits per heavy atom. The van der Waals surface area contributed by atoms with Gasteiger partial charge in [0.25, 0.3) is 0 Å². The van der Waals surface area contributed by atoms with Crippen LogP contribution in [0.1, 0.15) is 23.1 Å². The second-order valence-corrected chi connectivity index (χ2v) is 3.68. The zero-order chi connectivity index (χ0) is 9.26. The maximum absolute atomic E-state index is 4.21. The molecule has 1 aliphatic rings. The number of benzene rings is 1. The largest absolute Gasteiger partial charge is 0.672 e. The smallest absolute Gasteiger partial charge is 0 e. The molecule has 0 N–H and O–H groups in total. The Morgan fingerprint density at radius 3 is 2.93 bits per heavy atom. The van der Waals surface area contributed by atoms with Gasteiger partial charge < -0.3 is 5.32 Å². The molecule has 0 fully saturated rings. The van der Waals surface area contributed by atoms with E-state index in [2.05, 4.69) is 30.4 Å². The summed E-state index contributed by atoms with van der Waals surface area (Å²) in [5, 5.41) is 4.21. The molecule has 2 heteroatoms. The third kappa shape index (κ3) is 2.21. The predicted molar refractivity (Wildman–Crippen MR) is 56.0 cm³/mol.